The first-order chi connectivity index (χ1) is 8.51. The van der Waals surface area contributed by atoms with Crippen LogP contribution in [0.3, 0.4) is 0 Å². The molecule has 0 saturated carbocycles. The van der Waals surface area contributed by atoms with Gasteiger partial charge in [-0.05, 0) is 13.0 Å². The summed E-state index contributed by atoms with van der Waals surface area (Å²) in [6, 6.07) is 2.73. The molecule has 0 amide bonds. The summed E-state index contributed by atoms with van der Waals surface area (Å²) in [4.78, 5) is 24.6. The highest BCUT2D eigenvalue weighted by molar-refractivity contribution is 5.75. The number of nitrogens with one attached hydrogen (secondary N) is 1. The zero-order chi connectivity index (χ0) is 13.7. The van der Waals surface area contributed by atoms with Gasteiger partial charge in [-0.3, -0.25) is 4.79 Å². The van der Waals surface area contributed by atoms with Crippen LogP contribution >= 0.6 is 0 Å². The van der Waals surface area contributed by atoms with Crippen LogP contribution in [-0.2, 0) is 9.53 Å². The average molecular weight is 252 g/mol. The maximum Gasteiger partial charge on any atom is 0.338 e. The molecule has 0 saturated heterocycles. The largest absolute Gasteiger partial charge is 0.464 e. The molecule has 3 N–H and O–H groups in total. The molecule has 0 aliphatic carbocycles. The highest BCUT2D eigenvalue weighted by Crippen LogP contribution is 2.16. The van der Waals surface area contributed by atoms with E-state index in [0.29, 0.717) is 0 Å². The van der Waals surface area contributed by atoms with Crippen LogP contribution in [0.4, 0.5) is 0 Å². The fraction of sp³-hybridized carbons (Fsp3) is 0.364. The van der Waals surface area contributed by atoms with Crippen molar-refractivity contribution >= 4 is 5.97 Å². The molecule has 0 bridgehead atoms. The van der Waals surface area contributed by atoms with Crippen LogP contribution in [-0.4, -0.2) is 33.9 Å². The van der Waals surface area contributed by atoms with Crippen molar-refractivity contribution in [3.05, 3.63) is 33.7 Å². The van der Waals surface area contributed by atoms with Crippen LogP contribution in [0.15, 0.2) is 17.1 Å². The molecule has 0 aliphatic heterocycles. The lowest BCUT2D eigenvalue weighted by Gasteiger charge is -2.16. The third kappa shape index (κ3) is 2.94. The summed E-state index contributed by atoms with van der Waals surface area (Å²) in [5.41, 5.74) is -0.784. The van der Waals surface area contributed by atoms with Crippen LogP contribution < -0.4 is 5.56 Å². The molecule has 0 fully saturated rings. The molecule has 96 valence electrons. The van der Waals surface area contributed by atoms with Crippen molar-refractivity contribution in [2.45, 2.75) is 19.1 Å². The zero-order valence-corrected chi connectivity index (χ0v) is 9.58. The molecule has 7 nitrogen and oxygen atoms in total. The first kappa shape index (κ1) is 13.9. The van der Waals surface area contributed by atoms with E-state index in [1.165, 1.54) is 0 Å². The summed E-state index contributed by atoms with van der Waals surface area (Å²) in [5.74, 6) is -0.977. The quantitative estimate of drug-likeness (QED) is 0.603. The lowest BCUT2D eigenvalue weighted by atomic mass is 10.1. The Morgan fingerprint density at radius 1 is 1.61 bits per heavy atom. The van der Waals surface area contributed by atoms with Crippen molar-refractivity contribution < 1.29 is 19.7 Å². The number of aliphatic hydroxyl groups is 2. The van der Waals surface area contributed by atoms with Crippen molar-refractivity contribution in [1.29, 1.82) is 5.26 Å². The van der Waals surface area contributed by atoms with Gasteiger partial charge in [0.15, 0.2) is 6.10 Å². The minimum Gasteiger partial charge on any atom is -0.464 e. The third-order valence-electron chi connectivity index (χ3n) is 2.21. The summed E-state index contributed by atoms with van der Waals surface area (Å²) in [7, 11) is 0. The maximum absolute atomic E-state index is 11.2. The van der Waals surface area contributed by atoms with E-state index < -0.39 is 23.7 Å². The molecular weight excluding hydrogens is 240 g/mol. The predicted molar refractivity (Wildman–Crippen MR) is 59.4 cm³/mol. The number of hydrogen-bond donors (Lipinski definition) is 3. The molecule has 2 atom stereocenters. The molecule has 7 heteroatoms. The van der Waals surface area contributed by atoms with Crippen molar-refractivity contribution in [3.8, 4) is 6.07 Å². The van der Waals surface area contributed by atoms with E-state index in [-0.39, 0.29) is 17.7 Å². The van der Waals surface area contributed by atoms with Crippen LogP contribution in [0, 0.1) is 11.3 Å². The highest BCUT2D eigenvalue weighted by Gasteiger charge is 2.27. The number of aliphatic hydroxyl groups excluding tert-OH is 2. The van der Waals surface area contributed by atoms with Gasteiger partial charge >= 0.3 is 5.97 Å². The van der Waals surface area contributed by atoms with Crippen LogP contribution in [0.2, 0.25) is 0 Å². The Labute approximate surface area is 102 Å². The SMILES string of the molecule is CCOC(=O)C(O)C(O)c1c[nH]c(=O)c(C#N)c1. The lowest BCUT2D eigenvalue weighted by molar-refractivity contribution is -0.159. The zero-order valence-electron chi connectivity index (χ0n) is 9.58. The number of aromatic nitrogens is 1. The van der Waals surface area contributed by atoms with Gasteiger partial charge in [-0.25, -0.2) is 4.79 Å². The summed E-state index contributed by atoms with van der Waals surface area (Å²) in [6.07, 6.45) is -2.23. The lowest BCUT2D eigenvalue weighted by Crippen LogP contribution is -2.30. The monoisotopic (exact) mass is 252 g/mol. The summed E-state index contributed by atoms with van der Waals surface area (Å²) >= 11 is 0. The van der Waals surface area contributed by atoms with Gasteiger partial charge in [0.25, 0.3) is 5.56 Å². The predicted octanol–water partition coefficient (Wildman–Crippen LogP) is -0.796. The molecule has 1 aromatic heterocycles. The number of H-pyrrole nitrogens is 1. The normalized spacial score (nSPS) is 13.4. The maximum atomic E-state index is 11.2. The Hall–Kier alpha value is -2.17. The first-order valence-corrected chi connectivity index (χ1v) is 5.16. The van der Waals surface area contributed by atoms with E-state index in [0.717, 1.165) is 12.3 Å². The Morgan fingerprint density at radius 2 is 2.28 bits per heavy atom. The molecule has 1 heterocycles. The van der Waals surface area contributed by atoms with E-state index in [9.17, 15) is 19.8 Å². The number of pyridine rings is 1. The minimum atomic E-state index is -1.78. The van der Waals surface area contributed by atoms with E-state index in [4.69, 9.17) is 5.26 Å². The van der Waals surface area contributed by atoms with Crippen molar-refractivity contribution in [1.82, 2.24) is 4.98 Å². The molecule has 1 aromatic rings. The van der Waals surface area contributed by atoms with Gasteiger partial charge < -0.3 is 19.9 Å². The second kappa shape index (κ2) is 5.95. The number of carbonyl (C=O) groups is 1. The fourth-order valence-electron chi connectivity index (χ4n) is 1.29. The van der Waals surface area contributed by atoms with Gasteiger partial charge in [-0.2, -0.15) is 5.26 Å². The van der Waals surface area contributed by atoms with Gasteiger partial charge in [-0.1, -0.05) is 0 Å². The number of hydrogen-bond acceptors (Lipinski definition) is 6. The van der Waals surface area contributed by atoms with E-state index in [1.54, 1.807) is 13.0 Å². The Bertz CT molecular complexity index is 531. The molecule has 1 rings (SSSR count). The third-order valence-corrected chi connectivity index (χ3v) is 2.21. The molecule has 0 aliphatic rings. The topological polar surface area (TPSA) is 123 Å². The summed E-state index contributed by atoms with van der Waals surface area (Å²) in [6.45, 7) is 1.63. The Morgan fingerprint density at radius 3 is 2.83 bits per heavy atom. The number of esters is 1. The molecule has 0 radical (unpaired) electrons. The molecular formula is C11H12N2O5. The number of carbonyl (C=O) groups excluding carboxylic acids is 1. The number of rotatable bonds is 4. The Kier molecular flexibility index (Phi) is 4.59. The summed E-state index contributed by atoms with van der Waals surface area (Å²) < 4.78 is 4.54. The van der Waals surface area contributed by atoms with Crippen LogP contribution in [0.1, 0.15) is 24.2 Å². The molecule has 0 aromatic carbocycles. The van der Waals surface area contributed by atoms with E-state index in [1.807, 2.05) is 0 Å². The van der Waals surface area contributed by atoms with Gasteiger partial charge in [-0.15, -0.1) is 0 Å². The van der Waals surface area contributed by atoms with E-state index >= 15 is 0 Å². The van der Waals surface area contributed by atoms with Crippen molar-refractivity contribution in [3.63, 3.8) is 0 Å². The number of aromatic amines is 1. The van der Waals surface area contributed by atoms with Crippen molar-refractivity contribution in [2.24, 2.45) is 0 Å². The number of ether oxygens (including phenoxy) is 1. The molecule has 18 heavy (non-hydrogen) atoms. The van der Waals surface area contributed by atoms with Gasteiger partial charge in [0, 0.05) is 11.8 Å². The number of nitrogens with zero attached hydrogens (tertiary/aromatic N) is 1. The number of nitriles is 1. The first-order valence-electron chi connectivity index (χ1n) is 5.16. The van der Waals surface area contributed by atoms with Crippen LogP contribution in [0.25, 0.3) is 0 Å². The van der Waals surface area contributed by atoms with Gasteiger partial charge in [0.05, 0.1) is 6.61 Å². The molecule has 0 spiro atoms. The second-order valence-corrected chi connectivity index (χ2v) is 3.43. The minimum absolute atomic E-state index is 0.0479. The van der Waals surface area contributed by atoms with Gasteiger partial charge in [0.1, 0.15) is 17.7 Å². The fourth-order valence-corrected chi connectivity index (χ4v) is 1.29. The Balaban J connectivity index is 2.97. The average Bonchev–Trinajstić information content (AvgIpc) is 2.38. The highest BCUT2D eigenvalue weighted by atomic mass is 16.5. The second-order valence-electron chi connectivity index (χ2n) is 3.43. The smallest absolute Gasteiger partial charge is 0.338 e. The van der Waals surface area contributed by atoms with Gasteiger partial charge in [0.2, 0.25) is 0 Å². The van der Waals surface area contributed by atoms with E-state index in [2.05, 4.69) is 9.72 Å². The standard InChI is InChI=1S/C11H12N2O5/c1-2-18-11(17)9(15)8(14)7-3-6(4-12)10(16)13-5-7/h3,5,8-9,14-15H,2H2,1H3,(H,13,16). The summed E-state index contributed by atoms with van der Waals surface area (Å²) in [5, 5.41) is 27.9. The van der Waals surface area contributed by atoms with Crippen LogP contribution in [0.5, 0.6) is 0 Å². The molecule has 2 unspecified atom stereocenters. The van der Waals surface area contributed by atoms with Crippen molar-refractivity contribution in [2.75, 3.05) is 6.61 Å².